The van der Waals surface area contributed by atoms with Gasteiger partial charge in [0, 0.05) is 38.6 Å². The molecule has 0 aliphatic carbocycles. The van der Waals surface area contributed by atoms with E-state index in [0.29, 0.717) is 13.0 Å². The van der Waals surface area contributed by atoms with Gasteiger partial charge in [-0.2, -0.15) is 5.10 Å². The number of hydrogen-bond acceptors (Lipinski definition) is 5. The number of pyridine rings is 1. The molecule has 1 atom stereocenters. The van der Waals surface area contributed by atoms with Gasteiger partial charge in [-0.3, -0.25) is 14.6 Å². The third-order valence-electron chi connectivity index (χ3n) is 4.24. The second-order valence-electron chi connectivity index (χ2n) is 6.00. The molecule has 1 aliphatic heterocycles. The molecule has 1 aliphatic rings. The first kappa shape index (κ1) is 17.1. The fourth-order valence-corrected chi connectivity index (χ4v) is 3.64. The van der Waals surface area contributed by atoms with Crippen molar-refractivity contribution in [1.29, 1.82) is 0 Å². The Morgan fingerprint density at radius 1 is 1.29 bits per heavy atom. The van der Waals surface area contributed by atoms with Crippen molar-refractivity contribution in [3.63, 3.8) is 0 Å². The minimum Gasteiger partial charge on any atom is -0.290 e. The first-order chi connectivity index (χ1) is 11.6. The Bertz CT molecular complexity index is 760. The summed E-state index contributed by atoms with van der Waals surface area (Å²) in [6, 6.07) is 8.11. The molecular weight excluding hydrogens is 326 g/mol. The van der Waals surface area contributed by atoms with E-state index in [2.05, 4.69) is 19.7 Å². The van der Waals surface area contributed by atoms with Crippen molar-refractivity contribution >= 4 is 10.0 Å². The Hall–Kier alpha value is -1.77. The van der Waals surface area contributed by atoms with E-state index in [1.807, 2.05) is 35.1 Å². The maximum Gasteiger partial charge on any atom is 0.211 e. The fraction of sp³-hybridized carbons (Fsp3) is 0.500. The summed E-state index contributed by atoms with van der Waals surface area (Å²) >= 11 is 0. The van der Waals surface area contributed by atoms with Crippen LogP contribution in [0.3, 0.4) is 0 Å². The highest BCUT2D eigenvalue weighted by Crippen LogP contribution is 2.23. The van der Waals surface area contributed by atoms with E-state index in [0.717, 1.165) is 31.0 Å². The molecule has 0 saturated carbocycles. The van der Waals surface area contributed by atoms with Crippen LogP contribution < -0.4 is 4.72 Å². The van der Waals surface area contributed by atoms with Gasteiger partial charge in [-0.25, -0.2) is 13.1 Å². The predicted molar refractivity (Wildman–Crippen MR) is 91.7 cm³/mol. The van der Waals surface area contributed by atoms with Crippen molar-refractivity contribution in [2.75, 3.05) is 18.8 Å². The molecule has 1 N–H and O–H groups in total. The lowest BCUT2D eigenvalue weighted by Gasteiger charge is -2.33. The van der Waals surface area contributed by atoms with E-state index < -0.39 is 10.0 Å². The van der Waals surface area contributed by atoms with Crippen LogP contribution in [0, 0.1) is 0 Å². The smallest absolute Gasteiger partial charge is 0.211 e. The highest BCUT2D eigenvalue weighted by Gasteiger charge is 2.25. The standard InChI is InChI=1S/C16H23N5O2S/c1-2-24(22,23)19-10-7-16-13-20(11-14-5-3-4-8-17-14)12-15-6-9-18-21(15)16/h3-6,8-9,16,19H,2,7,10-13H2,1H3/t16-/m0/s1. The number of hydrogen-bond donors (Lipinski definition) is 1. The van der Waals surface area contributed by atoms with Crippen LogP contribution in [-0.4, -0.2) is 46.9 Å². The minimum atomic E-state index is -3.15. The number of nitrogens with one attached hydrogen (secondary N) is 1. The molecular formula is C16H23N5O2S. The van der Waals surface area contributed by atoms with Crippen LogP contribution >= 0.6 is 0 Å². The van der Waals surface area contributed by atoms with Crippen molar-refractivity contribution in [2.45, 2.75) is 32.5 Å². The third-order valence-corrected chi connectivity index (χ3v) is 5.65. The summed E-state index contributed by atoms with van der Waals surface area (Å²) in [5.41, 5.74) is 2.19. The van der Waals surface area contributed by atoms with Crippen molar-refractivity contribution in [3.05, 3.63) is 48.0 Å². The van der Waals surface area contributed by atoms with E-state index in [1.165, 1.54) is 0 Å². The van der Waals surface area contributed by atoms with Gasteiger partial charge in [0.15, 0.2) is 0 Å². The van der Waals surface area contributed by atoms with E-state index in [4.69, 9.17) is 0 Å². The van der Waals surface area contributed by atoms with Crippen molar-refractivity contribution in [3.8, 4) is 0 Å². The zero-order valence-corrected chi connectivity index (χ0v) is 14.6. The number of fused-ring (bicyclic) bond motifs is 1. The first-order valence-electron chi connectivity index (χ1n) is 8.19. The molecule has 0 spiro atoms. The van der Waals surface area contributed by atoms with Crippen LogP contribution in [0.25, 0.3) is 0 Å². The summed E-state index contributed by atoms with van der Waals surface area (Å²) < 4.78 is 27.8. The van der Waals surface area contributed by atoms with Gasteiger partial charge in [-0.05, 0) is 31.5 Å². The van der Waals surface area contributed by atoms with Crippen LogP contribution in [0.1, 0.15) is 30.8 Å². The molecule has 3 heterocycles. The topological polar surface area (TPSA) is 80.1 Å². The summed E-state index contributed by atoms with van der Waals surface area (Å²) in [6.45, 7) is 4.51. The van der Waals surface area contributed by atoms with E-state index >= 15 is 0 Å². The van der Waals surface area contributed by atoms with Crippen LogP contribution in [0.15, 0.2) is 36.7 Å². The lowest BCUT2D eigenvalue weighted by Crippen LogP contribution is -2.39. The highest BCUT2D eigenvalue weighted by molar-refractivity contribution is 7.89. The molecule has 0 fully saturated rings. The quantitative estimate of drug-likeness (QED) is 0.811. The Balaban J connectivity index is 1.65. The van der Waals surface area contributed by atoms with Crippen LogP contribution in [0.4, 0.5) is 0 Å². The molecule has 0 radical (unpaired) electrons. The normalized spacial score (nSPS) is 18.5. The van der Waals surface area contributed by atoms with Gasteiger partial charge < -0.3 is 0 Å². The van der Waals surface area contributed by atoms with E-state index in [1.54, 1.807) is 13.1 Å². The van der Waals surface area contributed by atoms with Gasteiger partial charge in [0.25, 0.3) is 0 Å². The lowest BCUT2D eigenvalue weighted by molar-refractivity contribution is 0.160. The molecule has 2 aromatic rings. The molecule has 0 amide bonds. The van der Waals surface area contributed by atoms with Crippen LogP contribution in [0.2, 0.25) is 0 Å². The third kappa shape index (κ3) is 4.19. The average molecular weight is 349 g/mol. The Labute approximate surface area is 142 Å². The van der Waals surface area contributed by atoms with Gasteiger partial charge in [-0.15, -0.1) is 0 Å². The van der Waals surface area contributed by atoms with Gasteiger partial charge in [0.05, 0.1) is 23.2 Å². The first-order valence-corrected chi connectivity index (χ1v) is 9.84. The van der Waals surface area contributed by atoms with E-state index in [9.17, 15) is 8.42 Å². The maximum atomic E-state index is 11.6. The molecule has 130 valence electrons. The molecule has 7 nitrogen and oxygen atoms in total. The Kier molecular flexibility index (Phi) is 5.27. The Morgan fingerprint density at radius 2 is 2.17 bits per heavy atom. The predicted octanol–water partition coefficient (Wildman–Crippen LogP) is 1.16. The molecule has 8 heteroatoms. The average Bonchev–Trinajstić information content (AvgIpc) is 3.04. The van der Waals surface area contributed by atoms with Crippen LogP contribution in [-0.2, 0) is 23.1 Å². The number of rotatable bonds is 7. The van der Waals surface area contributed by atoms with E-state index in [-0.39, 0.29) is 11.8 Å². The zero-order chi connectivity index (χ0) is 17.0. The minimum absolute atomic E-state index is 0.108. The lowest BCUT2D eigenvalue weighted by atomic mass is 10.1. The molecule has 24 heavy (non-hydrogen) atoms. The number of sulfonamides is 1. The van der Waals surface area contributed by atoms with Gasteiger partial charge in [-0.1, -0.05) is 6.07 Å². The van der Waals surface area contributed by atoms with Gasteiger partial charge >= 0.3 is 0 Å². The second kappa shape index (κ2) is 7.42. The largest absolute Gasteiger partial charge is 0.290 e. The van der Waals surface area contributed by atoms with Gasteiger partial charge in [0.1, 0.15) is 0 Å². The molecule has 0 bridgehead atoms. The second-order valence-corrected chi connectivity index (χ2v) is 8.09. The SMILES string of the molecule is CCS(=O)(=O)NCC[C@H]1CN(Cc2ccccn2)Cc2ccnn21. The highest BCUT2D eigenvalue weighted by atomic mass is 32.2. The molecule has 0 saturated heterocycles. The van der Waals surface area contributed by atoms with Crippen molar-refractivity contribution in [2.24, 2.45) is 0 Å². The summed E-state index contributed by atoms with van der Waals surface area (Å²) in [6.07, 6.45) is 4.33. The molecule has 3 rings (SSSR count). The summed E-state index contributed by atoms with van der Waals surface area (Å²) in [4.78, 5) is 6.72. The molecule has 0 unspecified atom stereocenters. The van der Waals surface area contributed by atoms with Crippen LogP contribution in [0.5, 0.6) is 0 Å². The Morgan fingerprint density at radius 3 is 2.92 bits per heavy atom. The monoisotopic (exact) mass is 349 g/mol. The fourth-order valence-electron chi connectivity index (χ4n) is 3.00. The zero-order valence-electron chi connectivity index (χ0n) is 13.8. The number of nitrogens with zero attached hydrogens (tertiary/aromatic N) is 4. The van der Waals surface area contributed by atoms with Gasteiger partial charge in [0.2, 0.25) is 10.0 Å². The number of aromatic nitrogens is 3. The molecule has 0 aromatic carbocycles. The summed E-state index contributed by atoms with van der Waals surface area (Å²) in [7, 11) is -3.15. The summed E-state index contributed by atoms with van der Waals surface area (Å²) in [5.74, 6) is 0.108. The van der Waals surface area contributed by atoms with Crippen molar-refractivity contribution in [1.82, 2.24) is 24.4 Å². The van der Waals surface area contributed by atoms with Crippen molar-refractivity contribution < 1.29 is 8.42 Å². The molecule has 2 aromatic heterocycles. The summed E-state index contributed by atoms with van der Waals surface area (Å²) in [5, 5.41) is 4.41. The maximum absolute atomic E-state index is 11.6.